The Bertz CT molecular complexity index is 1110. The van der Waals surface area contributed by atoms with Crippen molar-refractivity contribution in [3.05, 3.63) is 90.0 Å². The van der Waals surface area contributed by atoms with Crippen molar-refractivity contribution in [1.82, 2.24) is 0 Å². The van der Waals surface area contributed by atoms with E-state index < -0.39 is 0 Å². The monoisotopic (exact) mass is 339 g/mol. The number of rotatable bonds is 2. The van der Waals surface area contributed by atoms with Crippen molar-refractivity contribution in [3.8, 4) is 5.75 Å². The lowest BCUT2D eigenvalue weighted by Gasteiger charge is -2.12. The summed E-state index contributed by atoms with van der Waals surface area (Å²) in [7, 11) is 0. The number of aromatic hydroxyl groups is 1. The third-order valence-corrected chi connectivity index (χ3v) is 5.01. The average Bonchev–Trinajstić information content (AvgIpc) is 3.16. The summed E-state index contributed by atoms with van der Waals surface area (Å²) in [6.45, 7) is 0. The van der Waals surface area contributed by atoms with E-state index in [0.29, 0.717) is 6.42 Å². The molecule has 0 amide bonds. The molecule has 3 nitrogen and oxygen atoms in total. The summed E-state index contributed by atoms with van der Waals surface area (Å²) >= 11 is 0. The molecule has 1 atom stereocenters. The summed E-state index contributed by atoms with van der Waals surface area (Å²) in [6, 6.07) is 26.2. The molecule has 3 heteroatoms. The van der Waals surface area contributed by atoms with Crippen LogP contribution in [0.3, 0.4) is 0 Å². The van der Waals surface area contributed by atoms with Crippen molar-refractivity contribution in [2.45, 2.75) is 12.5 Å². The maximum Gasteiger partial charge on any atom is 0.161 e. The third-order valence-electron chi connectivity index (χ3n) is 5.01. The highest BCUT2D eigenvalue weighted by Crippen LogP contribution is 2.37. The number of oxime groups is 1. The molecule has 4 aromatic rings. The van der Waals surface area contributed by atoms with Gasteiger partial charge in [-0.3, -0.25) is 0 Å². The summed E-state index contributed by atoms with van der Waals surface area (Å²) in [4.78, 5) is 5.71. The van der Waals surface area contributed by atoms with E-state index in [1.807, 2.05) is 18.2 Å². The number of para-hydroxylation sites is 1. The zero-order valence-corrected chi connectivity index (χ0v) is 14.1. The lowest BCUT2D eigenvalue weighted by atomic mass is 9.91. The van der Waals surface area contributed by atoms with E-state index in [9.17, 15) is 5.11 Å². The Kier molecular flexibility index (Phi) is 3.39. The molecule has 1 N–H and O–H groups in total. The van der Waals surface area contributed by atoms with Gasteiger partial charge in [-0.15, -0.1) is 0 Å². The van der Waals surface area contributed by atoms with Gasteiger partial charge in [0.25, 0.3) is 0 Å². The highest BCUT2D eigenvalue weighted by atomic mass is 16.6. The topological polar surface area (TPSA) is 41.8 Å². The molecule has 1 aliphatic heterocycles. The van der Waals surface area contributed by atoms with Crippen LogP contribution < -0.4 is 0 Å². The molecule has 0 radical (unpaired) electrons. The van der Waals surface area contributed by atoms with Gasteiger partial charge in [-0.05, 0) is 33.7 Å². The summed E-state index contributed by atoms with van der Waals surface area (Å²) in [5.41, 5.74) is 2.82. The first-order valence-electron chi connectivity index (χ1n) is 8.73. The molecule has 0 fully saturated rings. The Morgan fingerprint density at radius 2 is 1.42 bits per heavy atom. The van der Waals surface area contributed by atoms with Crippen molar-refractivity contribution in [1.29, 1.82) is 0 Å². The van der Waals surface area contributed by atoms with Crippen LogP contribution in [0.5, 0.6) is 5.75 Å². The van der Waals surface area contributed by atoms with Crippen LogP contribution in [-0.2, 0) is 4.84 Å². The van der Waals surface area contributed by atoms with Crippen molar-refractivity contribution in [3.63, 3.8) is 0 Å². The van der Waals surface area contributed by atoms with E-state index in [1.165, 1.54) is 21.5 Å². The van der Waals surface area contributed by atoms with Crippen LogP contribution in [-0.4, -0.2) is 10.8 Å². The average molecular weight is 339 g/mol. The van der Waals surface area contributed by atoms with Crippen molar-refractivity contribution < 1.29 is 9.94 Å². The van der Waals surface area contributed by atoms with E-state index in [-0.39, 0.29) is 11.9 Å². The van der Waals surface area contributed by atoms with Gasteiger partial charge in [0.15, 0.2) is 6.10 Å². The van der Waals surface area contributed by atoms with Gasteiger partial charge in [-0.1, -0.05) is 71.9 Å². The number of nitrogens with zero attached hydrogens (tertiary/aromatic N) is 1. The van der Waals surface area contributed by atoms with Crippen LogP contribution in [0.4, 0.5) is 0 Å². The van der Waals surface area contributed by atoms with Gasteiger partial charge in [0, 0.05) is 17.5 Å². The molecule has 0 aromatic heterocycles. The standard InChI is InChI=1S/C23H17NO2/c25-21-12-6-5-11-19(21)22-14-20(24-26-22)23-17-9-3-1-7-15(17)13-16-8-2-4-10-18(16)23/h1-13,22,25H,14H2/t22-/m0/s1. The van der Waals surface area contributed by atoms with E-state index in [2.05, 4.69) is 59.8 Å². The van der Waals surface area contributed by atoms with Crippen molar-refractivity contribution in [2.75, 3.05) is 0 Å². The minimum Gasteiger partial charge on any atom is -0.508 e. The minimum absolute atomic E-state index is 0.247. The number of benzene rings is 4. The largest absolute Gasteiger partial charge is 0.508 e. The number of phenols is 1. The van der Waals surface area contributed by atoms with Crippen LogP contribution in [0.1, 0.15) is 23.7 Å². The molecule has 26 heavy (non-hydrogen) atoms. The van der Waals surface area contributed by atoms with E-state index in [0.717, 1.165) is 16.8 Å². The molecule has 5 rings (SSSR count). The highest BCUT2D eigenvalue weighted by molar-refractivity contribution is 6.21. The van der Waals surface area contributed by atoms with E-state index in [1.54, 1.807) is 6.07 Å². The first-order valence-corrected chi connectivity index (χ1v) is 8.73. The fourth-order valence-corrected chi connectivity index (χ4v) is 3.78. The third kappa shape index (κ3) is 2.32. The predicted molar refractivity (Wildman–Crippen MR) is 105 cm³/mol. The molecule has 0 saturated carbocycles. The summed E-state index contributed by atoms with van der Waals surface area (Å²) in [5, 5.41) is 19.3. The first kappa shape index (κ1) is 15.0. The second-order valence-corrected chi connectivity index (χ2v) is 6.59. The Labute approximate surface area is 151 Å². The van der Waals surface area contributed by atoms with Gasteiger partial charge >= 0.3 is 0 Å². The highest BCUT2D eigenvalue weighted by Gasteiger charge is 2.27. The molecule has 126 valence electrons. The van der Waals surface area contributed by atoms with Gasteiger partial charge in [0.1, 0.15) is 5.75 Å². The van der Waals surface area contributed by atoms with Crippen molar-refractivity contribution in [2.24, 2.45) is 5.16 Å². The fourth-order valence-electron chi connectivity index (χ4n) is 3.78. The molecule has 0 unspecified atom stereocenters. The Hall–Kier alpha value is -3.33. The van der Waals surface area contributed by atoms with Gasteiger partial charge in [-0.25, -0.2) is 0 Å². The molecular formula is C23H17NO2. The second-order valence-electron chi connectivity index (χ2n) is 6.59. The number of hydrogen-bond acceptors (Lipinski definition) is 3. The molecule has 0 spiro atoms. The number of hydrogen-bond donors (Lipinski definition) is 1. The summed E-state index contributed by atoms with van der Waals surface area (Å²) in [5.74, 6) is 0.247. The molecular weight excluding hydrogens is 322 g/mol. The molecule has 1 aliphatic rings. The molecule has 4 aromatic carbocycles. The van der Waals surface area contributed by atoms with Crippen LogP contribution in [0.15, 0.2) is 84.0 Å². The normalized spacial score (nSPS) is 16.6. The maximum atomic E-state index is 10.1. The van der Waals surface area contributed by atoms with Gasteiger partial charge < -0.3 is 9.94 Å². The van der Waals surface area contributed by atoms with Crippen LogP contribution >= 0.6 is 0 Å². The fraction of sp³-hybridized carbons (Fsp3) is 0.0870. The smallest absolute Gasteiger partial charge is 0.161 e. The second kappa shape index (κ2) is 5.88. The van der Waals surface area contributed by atoms with E-state index in [4.69, 9.17) is 4.84 Å². The van der Waals surface area contributed by atoms with Gasteiger partial charge in [0.05, 0.1) is 5.71 Å². The maximum absolute atomic E-state index is 10.1. The molecule has 0 aliphatic carbocycles. The molecule has 0 bridgehead atoms. The Balaban J connectivity index is 1.66. The van der Waals surface area contributed by atoms with Crippen LogP contribution in [0, 0.1) is 0 Å². The van der Waals surface area contributed by atoms with Crippen molar-refractivity contribution >= 4 is 27.3 Å². The van der Waals surface area contributed by atoms with Gasteiger partial charge in [-0.2, -0.15) is 0 Å². The summed E-state index contributed by atoms with van der Waals surface area (Å²) in [6.07, 6.45) is 0.374. The lowest BCUT2D eigenvalue weighted by Crippen LogP contribution is -2.03. The SMILES string of the molecule is Oc1ccccc1[C@@H]1CC(c2c3ccccc3cc3ccccc23)=NO1. The zero-order chi connectivity index (χ0) is 17.5. The quantitative estimate of drug-likeness (QED) is 0.485. The van der Waals surface area contributed by atoms with Crippen LogP contribution in [0.25, 0.3) is 21.5 Å². The number of fused-ring (bicyclic) bond motifs is 2. The molecule has 1 heterocycles. The predicted octanol–water partition coefficient (Wildman–Crippen LogP) is 5.56. The lowest BCUT2D eigenvalue weighted by molar-refractivity contribution is 0.0838. The van der Waals surface area contributed by atoms with Crippen LogP contribution in [0.2, 0.25) is 0 Å². The first-order chi connectivity index (χ1) is 12.8. The Morgan fingerprint density at radius 3 is 2.12 bits per heavy atom. The zero-order valence-electron chi connectivity index (χ0n) is 14.1. The summed E-state index contributed by atoms with van der Waals surface area (Å²) < 4.78 is 0. The number of phenolic OH excluding ortho intramolecular Hbond substituents is 1. The van der Waals surface area contributed by atoms with E-state index >= 15 is 0 Å². The van der Waals surface area contributed by atoms with Gasteiger partial charge in [0.2, 0.25) is 0 Å². The Morgan fingerprint density at radius 1 is 0.808 bits per heavy atom. The molecule has 0 saturated heterocycles. The minimum atomic E-state index is -0.260.